The zero-order valence-electron chi connectivity index (χ0n) is 26.0. The Morgan fingerprint density at radius 3 is 2.09 bits per heavy atom. The number of hydrogen-bond acceptors (Lipinski definition) is 8. The molecule has 11 nitrogen and oxygen atoms in total. The van der Waals surface area contributed by atoms with Crippen molar-refractivity contribution in [3.63, 3.8) is 0 Å². The van der Waals surface area contributed by atoms with Gasteiger partial charge in [0.2, 0.25) is 0 Å². The van der Waals surface area contributed by atoms with Crippen LogP contribution in [-0.2, 0) is 45.7 Å². The standard InChI is InChI=1S/C35H36N4O7/c1-4-45-32(40)30-28(19-23-11-7-5-8-12-23)29-25(20-37(30)26-15-17-27(44-3)18-16-26)21-38-34(42)36(2)35(43)39(38)31(29)33(41)46-22-24-13-9-6-10-14-24/h5-18,28,30-31H,4,19-22H2,1-3H3/t28-,30+,31?/m1/s1. The first-order valence-corrected chi connectivity index (χ1v) is 15.2. The summed E-state index contributed by atoms with van der Waals surface area (Å²) in [6.45, 7) is 2.18. The van der Waals surface area contributed by atoms with Crippen molar-refractivity contribution >= 4 is 17.6 Å². The quantitative estimate of drug-likeness (QED) is 0.206. The molecule has 0 aliphatic carbocycles. The van der Waals surface area contributed by atoms with Gasteiger partial charge < -0.3 is 19.1 Å². The Bertz CT molecular complexity index is 1870. The number of anilines is 1. The van der Waals surface area contributed by atoms with E-state index in [4.69, 9.17) is 14.2 Å². The van der Waals surface area contributed by atoms with E-state index in [1.54, 1.807) is 14.0 Å². The number of hydrogen-bond donors (Lipinski definition) is 0. The highest BCUT2D eigenvalue weighted by molar-refractivity contribution is 5.85. The van der Waals surface area contributed by atoms with E-state index in [-0.39, 0.29) is 26.3 Å². The van der Waals surface area contributed by atoms with Crippen LogP contribution in [0.15, 0.2) is 106 Å². The second-order valence-electron chi connectivity index (χ2n) is 11.4. The van der Waals surface area contributed by atoms with Gasteiger partial charge in [0.15, 0.2) is 6.04 Å². The lowest BCUT2D eigenvalue weighted by Crippen LogP contribution is -2.57. The highest BCUT2D eigenvalue weighted by atomic mass is 16.5. The van der Waals surface area contributed by atoms with Crippen molar-refractivity contribution in [1.82, 2.24) is 13.9 Å². The third-order valence-electron chi connectivity index (χ3n) is 8.69. The molecule has 2 aliphatic rings. The van der Waals surface area contributed by atoms with Gasteiger partial charge in [0.05, 0.1) is 20.3 Å². The van der Waals surface area contributed by atoms with Gasteiger partial charge in [0, 0.05) is 25.2 Å². The third kappa shape index (κ3) is 5.64. The second kappa shape index (κ2) is 13.0. The lowest BCUT2D eigenvalue weighted by molar-refractivity contribution is -0.150. The summed E-state index contributed by atoms with van der Waals surface area (Å²) in [5, 5.41) is 0. The van der Waals surface area contributed by atoms with Gasteiger partial charge >= 0.3 is 23.3 Å². The SMILES string of the molecule is CCOC(=O)[C@@H]1[C@H](Cc2ccccc2)C2=C(CN1c1ccc(OC)cc1)Cn1c(=O)n(C)c(=O)n1C2C(=O)OCc1ccccc1. The normalized spacial score (nSPS) is 18.8. The number of nitrogens with zero attached hydrogens (tertiary/aromatic N) is 4. The molecule has 0 N–H and O–H groups in total. The van der Waals surface area contributed by atoms with Crippen molar-refractivity contribution in [2.24, 2.45) is 13.0 Å². The van der Waals surface area contributed by atoms with Crippen LogP contribution in [0, 0.1) is 5.92 Å². The van der Waals surface area contributed by atoms with Crippen LogP contribution in [0.3, 0.4) is 0 Å². The van der Waals surface area contributed by atoms with Gasteiger partial charge in [0.1, 0.15) is 18.4 Å². The van der Waals surface area contributed by atoms with Crippen molar-refractivity contribution in [3.05, 3.63) is 128 Å². The van der Waals surface area contributed by atoms with E-state index >= 15 is 0 Å². The second-order valence-corrected chi connectivity index (χ2v) is 11.4. The average molecular weight is 625 g/mol. The van der Waals surface area contributed by atoms with E-state index in [1.807, 2.05) is 89.8 Å². The Morgan fingerprint density at radius 1 is 0.804 bits per heavy atom. The number of esters is 2. The number of methoxy groups -OCH3 is 1. The minimum Gasteiger partial charge on any atom is -0.497 e. The maximum atomic E-state index is 14.2. The molecule has 3 atom stereocenters. The van der Waals surface area contributed by atoms with Crippen molar-refractivity contribution in [2.75, 3.05) is 25.2 Å². The van der Waals surface area contributed by atoms with Gasteiger partial charge in [-0.15, -0.1) is 0 Å². The smallest absolute Gasteiger partial charge is 0.348 e. The number of rotatable bonds is 9. The van der Waals surface area contributed by atoms with Crippen molar-refractivity contribution in [3.8, 4) is 5.75 Å². The molecule has 6 rings (SSSR count). The van der Waals surface area contributed by atoms with Crippen LogP contribution in [0.2, 0.25) is 0 Å². The number of aromatic nitrogens is 3. The molecule has 3 aromatic carbocycles. The van der Waals surface area contributed by atoms with Gasteiger partial charge in [-0.25, -0.2) is 33.1 Å². The molecule has 0 amide bonds. The van der Waals surface area contributed by atoms with Crippen LogP contribution in [0.5, 0.6) is 5.75 Å². The summed E-state index contributed by atoms with van der Waals surface area (Å²) in [5.41, 5.74) is 2.63. The van der Waals surface area contributed by atoms with Crippen LogP contribution >= 0.6 is 0 Å². The topological polar surface area (TPSA) is 114 Å². The molecule has 0 saturated carbocycles. The fraction of sp³-hybridized carbons (Fsp3) is 0.314. The van der Waals surface area contributed by atoms with Gasteiger partial charge in [0.25, 0.3) is 0 Å². The van der Waals surface area contributed by atoms with Gasteiger partial charge in [-0.3, -0.25) is 0 Å². The summed E-state index contributed by atoms with van der Waals surface area (Å²) in [6.07, 6.45) is 0.365. The molecular weight excluding hydrogens is 588 g/mol. The van der Waals surface area contributed by atoms with E-state index in [0.29, 0.717) is 17.7 Å². The third-order valence-corrected chi connectivity index (χ3v) is 8.69. The summed E-state index contributed by atoms with van der Waals surface area (Å²) >= 11 is 0. The van der Waals surface area contributed by atoms with Gasteiger partial charge in [-0.05, 0) is 59.9 Å². The maximum Gasteiger partial charge on any atom is 0.348 e. The first-order valence-electron chi connectivity index (χ1n) is 15.2. The number of fused-ring (bicyclic) bond motifs is 1. The Labute approximate surface area is 265 Å². The summed E-state index contributed by atoms with van der Waals surface area (Å²) in [5.74, 6) is -1.09. The zero-order chi connectivity index (χ0) is 32.4. The lowest BCUT2D eigenvalue weighted by Gasteiger charge is -2.46. The Hall–Kier alpha value is -5.32. The highest BCUT2D eigenvalue weighted by Crippen LogP contribution is 2.43. The van der Waals surface area contributed by atoms with Crippen molar-refractivity contribution in [2.45, 2.75) is 38.6 Å². The molecule has 4 aromatic rings. The minimum absolute atomic E-state index is 0.0206. The summed E-state index contributed by atoms with van der Waals surface area (Å²) in [6, 6.07) is 24.2. The minimum atomic E-state index is -1.27. The predicted octanol–water partition coefficient (Wildman–Crippen LogP) is 3.26. The van der Waals surface area contributed by atoms with E-state index in [0.717, 1.165) is 27.0 Å². The molecule has 46 heavy (non-hydrogen) atoms. The Balaban J connectivity index is 1.54. The van der Waals surface area contributed by atoms with E-state index in [9.17, 15) is 19.2 Å². The Morgan fingerprint density at radius 2 is 1.46 bits per heavy atom. The monoisotopic (exact) mass is 624 g/mol. The zero-order valence-corrected chi connectivity index (χ0v) is 26.0. The molecule has 0 bridgehead atoms. The van der Waals surface area contributed by atoms with Crippen molar-refractivity contribution < 1.29 is 23.8 Å². The Kier molecular flexibility index (Phi) is 8.65. The molecule has 1 aromatic heterocycles. The predicted molar refractivity (Wildman–Crippen MR) is 171 cm³/mol. The van der Waals surface area contributed by atoms with E-state index in [1.165, 1.54) is 16.4 Å². The summed E-state index contributed by atoms with van der Waals surface area (Å²) in [7, 11) is 2.97. The molecule has 0 fully saturated rings. The highest BCUT2D eigenvalue weighted by Gasteiger charge is 2.50. The number of carbonyl (C=O) groups is 2. The molecule has 11 heteroatoms. The molecule has 238 valence electrons. The van der Waals surface area contributed by atoms with Crippen LogP contribution in [0.1, 0.15) is 24.1 Å². The summed E-state index contributed by atoms with van der Waals surface area (Å²) < 4.78 is 20.4. The maximum absolute atomic E-state index is 14.2. The summed E-state index contributed by atoms with van der Waals surface area (Å²) in [4.78, 5) is 57.1. The molecule has 2 aliphatic heterocycles. The van der Waals surface area contributed by atoms with E-state index < -0.39 is 41.3 Å². The molecule has 3 heterocycles. The molecule has 0 radical (unpaired) electrons. The molecular formula is C35H36N4O7. The average Bonchev–Trinajstić information content (AvgIpc) is 3.30. The van der Waals surface area contributed by atoms with Crippen LogP contribution in [-0.4, -0.2) is 52.2 Å². The van der Waals surface area contributed by atoms with E-state index in [2.05, 4.69) is 0 Å². The lowest BCUT2D eigenvalue weighted by atomic mass is 9.75. The molecule has 0 saturated heterocycles. The first-order chi connectivity index (χ1) is 22.3. The van der Waals surface area contributed by atoms with Crippen LogP contribution < -0.4 is 21.0 Å². The van der Waals surface area contributed by atoms with Crippen LogP contribution in [0.25, 0.3) is 0 Å². The van der Waals surface area contributed by atoms with Gasteiger partial charge in [-0.2, -0.15) is 0 Å². The largest absolute Gasteiger partial charge is 0.497 e. The fourth-order valence-electron chi connectivity index (χ4n) is 6.56. The van der Waals surface area contributed by atoms with Crippen LogP contribution in [0.4, 0.5) is 5.69 Å². The number of ether oxygens (including phenoxy) is 3. The first kappa shape index (κ1) is 30.7. The molecule has 0 spiro atoms. The number of carbonyl (C=O) groups excluding carboxylic acids is 2. The number of benzene rings is 3. The van der Waals surface area contributed by atoms with Gasteiger partial charge in [-0.1, -0.05) is 60.7 Å². The fourth-order valence-corrected chi connectivity index (χ4v) is 6.56. The molecule has 1 unspecified atom stereocenters. The van der Waals surface area contributed by atoms with Crippen molar-refractivity contribution in [1.29, 1.82) is 0 Å².